The highest BCUT2D eigenvalue weighted by Gasteiger charge is 2.13. The molecule has 0 aliphatic carbocycles. The average molecular weight is 302 g/mol. The van der Waals surface area contributed by atoms with Gasteiger partial charge >= 0.3 is 5.97 Å². The van der Waals surface area contributed by atoms with E-state index < -0.39 is 5.97 Å². The van der Waals surface area contributed by atoms with Crippen molar-refractivity contribution in [2.24, 2.45) is 0 Å². The van der Waals surface area contributed by atoms with Gasteiger partial charge in [0.15, 0.2) is 0 Å². The van der Waals surface area contributed by atoms with Crippen molar-refractivity contribution in [2.75, 3.05) is 18.2 Å². The highest BCUT2D eigenvalue weighted by molar-refractivity contribution is 8.00. The third kappa shape index (κ3) is 4.32. The van der Waals surface area contributed by atoms with Crippen LogP contribution in [0, 0.1) is 0 Å². The van der Waals surface area contributed by atoms with Crippen molar-refractivity contribution in [3.63, 3.8) is 0 Å². The predicted molar refractivity (Wildman–Crippen MR) is 81.4 cm³/mol. The molecule has 2 rings (SSSR count). The van der Waals surface area contributed by atoms with E-state index in [4.69, 9.17) is 0 Å². The highest BCUT2D eigenvalue weighted by atomic mass is 32.2. The van der Waals surface area contributed by atoms with E-state index in [-0.39, 0.29) is 11.7 Å². The summed E-state index contributed by atoms with van der Waals surface area (Å²) in [7, 11) is 1.31. The lowest BCUT2D eigenvalue weighted by Gasteiger charge is -2.09. The molecule has 0 unspecified atom stereocenters. The van der Waals surface area contributed by atoms with Crippen molar-refractivity contribution in [3.05, 3.63) is 54.4 Å². The Bertz CT molecular complexity index is 632. The van der Waals surface area contributed by atoms with E-state index in [1.54, 1.807) is 36.7 Å². The predicted octanol–water partition coefficient (Wildman–Crippen LogP) is 2.60. The quantitative estimate of drug-likeness (QED) is 0.679. The number of pyridine rings is 1. The second kappa shape index (κ2) is 7.44. The Morgan fingerprint density at radius 2 is 1.90 bits per heavy atom. The minimum atomic E-state index is -0.479. The molecule has 0 aliphatic rings. The van der Waals surface area contributed by atoms with Crippen LogP contribution in [0.4, 0.5) is 5.69 Å². The van der Waals surface area contributed by atoms with Gasteiger partial charge in [-0.3, -0.25) is 9.78 Å². The molecule has 0 spiro atoms. The summed E-state index contributed by atoms with van der Waals surface area (Å²) in [6.45, 7) is 0. The first-order valence-electron chi connectivity index (χ1n) is 6.20. The fourth-order valence-corrected chi connectivity index (χ4v) is 2.33. The van der Waals surface area contributed by atoms with E-state index in [1.807, 2.05) is 12.1 Å². The molecule has 0 radical (unpaired) electrons. The zero-order valence-corrected chi connectivity index (χ0v) is 12.2. The second-order valence-corrected chi connectivity index (χ2v) is 5.11. The number of para-hydroxylation sites is 1. The van der Waals surface area contributed by atoms with Crippen LogP contribution in [0.25, 0.3) is 0 Å². The fourth-order valence-electron chi connectivity index (χ4n) is 1.65. The van der Waals surface area contributed by atoms with E-state index in [2.05, 4.69) is 15.0 Å². The number of rotatable bonds is 5. The fraction of sp³-hybridized carbons (Fsp3) is 0.133. The topological polar surface area (TPSA) is 68.3 Å². The summed E-state index contributed by atoms with van der Waals surface area (Å²) in [5, 5.41) is 2.72. The molecule has 0 saturated carbocycles. The molecule has 1 N–H and O–H groups in total. The third-order valence-corrected chi connectivity index (χ3v) is 3.64. The summed E-state index contributed by atoms with van der Waals surface area (Å²) in [6, 6.07) is 10.4. The van der Waals surface area contributed by atoms with Crippen LogP contribution in [-0.4, -0.2) is 29.7 Å². The van der Waals surface area contributed by atoms with Gasteiger partial charge in [-0.15, -0.1) is 11.8 Å². The molecule has 0 atom stereocenters. The Morgan fingerprint density at radius 3 is 2.62 bits per heavy atom. The van der Waals surface area contributed by atoms with Gasteiger partial charge < -0.3 is 10.1 Å². The van der Waals surface area contributed by atoms with Crippen LogP contribution in [-0.2, 0) is 9.53 Å². The summed E-state index contributed by atoms with van der Waals surface area (Å²) in [6.07, 6.45) is 3.35. The van der Waals surface area contributed by atoms with E-state index in [0.29, 0.717) is 11.3 Å². The van der Waals surface area contributed by atoms with Crippen molar-refractivity contribution in [3.8, 4) is 0 Å². The normalized spacial score (nSPS) is 9.95. The first kappa shape index (κ1) is 15.1. The maximum absolute atomic E-state index is 11.9. The van der Waals surface area contributed by atoms with E-state index >= 15 is 0 Å². The van der Waals surface area contributed by atoms with Gasteiger partial charge in [-0.25, -0.2) is 4.79 Å². The number of ether oxygens (including phenoxy) is 1. The molecule has 1 aromatic heterocycles. The Kier molecular flexibility index (Phi) is 5.34. The molecular formula is C15H14N2O3S. The minimum Gasteiger partial charge on any atom is -0.465 e. The molecule has 1 aromatic carbocycles. The molecule has 1 heterocycles. The monoisotopic (exact) mass is 302 g/mol. The van der Waals surface area contributed by atoms with E-state index in [1.165, 1.54) is 18.9 Å². The van der Waals surface area contributed by atoms with Crippen molar-refractivity contribution in [2.45, 2.75) is 4.90 Å². The first-order chi connectivity index (χ1) is 10.2. The van der Waals surface area contributed by atoms with Gasteiger partial charge in [0, 0.05) is 17.3 Å². The number of methoxy groups -OCH3 is 1. The molecule has 2 aromatic rings. The van der Waals surface area contributed by atoms with E-state index in [9.17, 15) is 9.59 Å². The number of esters is 1. The summed E-state index contributed by atoms with van der Waals surface area (Å²) in [5.74, 6) is -0.416. The zero-order valence-electron chi connectivity index (χ0n) is 11.4. The Labute approximate surface area is 126 Å². The lowest BCUT2D eigenvalue weighted by molar-refractivity contribution is -0.113. The second-order valence-electron chi connectivity index (χ2n) is 4.06. The lowest BCUT2D eigenvalue weighted by atomic mass is 10.2. The number of carbonyl (C=O) groups is 2. The maximum Gasteiger partial charge on any atom is 0.339 e. The molecule has 1 amide bonds. The molecule has 108 valence electrons. The summed E-state index contributed by atoms with van der Waals surface area (Å²) in [4.78, 5) is 28.4. The van der Waals surface area contributed by atoms with Crippen LogP contribution in [0.2, 0.25) is 0 Å². The number of aromatic nitrogens is 1. The Balaban J connectivity index is 1.98. The number of hydrogen-bond donors (Lipinski definition) is 1. The lowest BCUT2D eigenvalue weighted by Crippen LogP contribution is -2.17. The van der Waals surface area contributed by atoms with Crippen molar-refractivity contribution in [1.82, 2.24) is 4.98 Å². The van der Waals surface area contributed by atoms with Crippen LogP contribution >= 0.6 is 11.8 Å². The smallest absolute Gasteiger partial charge is 0.339 e. The standard InChI is InChI=1S/C15H14N2O3S/c1-20-15(19)12-4-2-3-5-13(12)17-14(18)10-21-11-6-8-16-9-7-11/h2-9H,10H2,1H3,(H,17,18). The Morgan fingerprint density at radius 1 is 1.19 bits per heavy atom. The van der Waals surface area contributed by atoms with Gasteiger partial charge in [-0.1, -0.05) is 12.1 Å². The summed E-state index contributed by atoms with van der Waals surface area (Å²) < 4.78 is 4.69. The van der Waals surface area contributed by atoms with Crippen LogP contribution in [0.3, 0.4) is 0 Å². The molecule has 5 nitrogen and oxygen atoms in total. The number of carbonyl (C=O) groups excluding carboxylic acids is 2. The molecule has 0 fully saturated rings. The zero-order chi connectivity index (χ0) is 15.1. The van der Waals surface area contributed by atoms with Gasteiger partial charge in [0.05, 0.1) is 24.1 Å². The maximum atomic E-state index is 11.9. The highest BCUT2D eigenvalue weighted by Crippen LogP contribution is 2.19. The molecule has 0 aliphatic heterocycles. The van der Waals surface area contributed by atoms with Gasteiger partial charge in [0.25, 0.3) is 0 Å². The minimum absolute atomic E-state index is 0.187. The number of amides is 1. The molecule has 6 heteroatoms. The summed E-state index contributed by atoms with van der Waals surface area (Å²) in [5.41, 5.74) is 0.784. The van der Waals surface area contributed by atoms with Crippen LogP contribution in [0.5, 0.6) is 0 Å². The van der Waals surface area contributed by atoms with Gasteiger partial charge in [-0.2, -0.15) is 0 Å². The molecule has 0 bridgehead atoms. The van der Waals surface area contributed by atoms with Gasteiger partial charge in [0.2, 0.25) is 5.91 Å². The third-order valence-electron chi connectivity index (χ3n) is 2.63. The first-order valence-corrected chi connectivity index (χ1v) is 7.19. The molecule has 0 saturated heterocycles. The van der Waals surface area contributed by atoms with Crippen molar-refractivity contribution < 1.29 is 14.3 Å². The van der Waals surface area contributed by atoms with Gasteiger partial charge in [-0.05, 0) is 24.3 Å². The van der Waals surface area contributed by atoms with Gasteiger partial charge in [0.1, 0.15) is 0 Å². The Hall–Kier alpha value is -2.34. The number of nitrogens with one attached hydrogen (secondary N) is 1. The number of anilines is 1. The van der Waals surface area contributed by atoms with E-state index in [0.717, 1.165) is 4.90 Å². The molecular weight excluding hydrogens is 288 g/mol. The number of hydrogen-bond acceptors (Lipinski definition) is 5. The van der Waals surface area contributed by atoms with Crippen LogP contribution in [0.15, 0.2) is 53.7 Å². The average Bonchev–Trinajstić information content (AvgIpc) is 2.54. The number of nitrogens with zero attached hydrogens (tertiary/aromatic N) is 1. The number of benzene rings is 1. The van der Waals surface area contributed by atoms with Crippen molar-refractivity contribution in [1.29, 1.82) is 0 Å². The van der Waals surface area contributed by atoms with Crippen LogP contribution < -0.4 is 5.32 Å². The summed E-state index contributed by atoms with van der Waals surface area (Å²) >= 11 is 1.40. The van der Waals surface area contributed by atoms with Crippen molar-refractivity contribution >= 4 is 29.3 Å². The molecule has 21 heavy (non-hydrogen) atoms. The van der Waals surface area contributed by atoms with Crippen LogP contribution in [0.1, 0.15) is 10.4 Å². The number of thioether (sulfide) groups is 1. The largest absolute Gasteiger partial charge is 0.465 e. The SMILES string of the molecule is COC(=O)c1ccccc1NC(=O)CSc1ccncc1.